The van der Waals surface area contributed by atoms with Gasteiger partial charge in [-0.15, -0.1) is 11.3 Å². The number of aromatic nitrogens is 4. The van der Waals surface area contributed by atoms with Crippen LogP contribution in [-0.4, -0.2) is 79.9 Å². The lowest BCUT2D eigenvalue weighted by Gasteiger charge is -2.38. The predicted molar refractivity (Wildman–Crippen MR) is 193 cm³/mol. The molecule has 2 saturated heterocycles. The van der Waals surface area contributed by atoms with Gasteiger partial charge in [-0.3, -0.25) is 14.4 Å². The number of likely N-dealkylation sites (tertiary alicyclic amines) is 1. The first-order valence-electron chi connectivity index (χ1n) is 17.4. The summed E-state index contributed by atoms with van der Waals surface area (Å²) in [5.74, 6) is -0.213. The number of carboxylic acid groups (broad SMARTS) is 1. The van der Waals surface area contributed by atoms with Gasteiger partial charge in [-0.1, -0.05) is 58.4 Å². The molecule has 1 aromatic carbocycles. The fourth-order valence-electron chi connectivity index (χ4n) is 6.38. The average molecular weight is 696 g/mol. The van der Waals surface area contributed by atoms with E-state index in [1.807, 2.05) is 55.1 Å². The zero-order valence-electron chi connectivity index (χ0n) is 29.1. The molecule has 1 atom stereocenters. The molecule has 0 aliphatic carbocycles. The van der Waals surface area contributed by atoms with Crippen molar-refractivity contribution in [2.75, 3.05) is 31.1 Å². The molecule has 0 spiro atoms. The molecule has 2 aliphatic heterocycles. The smallest absolute Gasteiger partial charge is 0.310 e. The molecule has 2 N–H and O–H groups in total. The summed E-state index contributed by atoms with van der Waals surface area (Å²) in [6.07, 6.45) is 12.0. The molecule has 2 fully saturated rings. The minimum atomic E-state index is -0.919. The third-order valence-electron chi connectivity index (χ3n) is 9.49. The van der Waals surface area contributed by atoms with Crippen molar-refractivity contribution in [3.8, 4) is 11.4 Å². The van der Waals surface area contributed by atoms with Crippen LogP contribution < -0.4 is 10.2 Å². The Morgan fingerprint density at radius 2 is 1.58 bits per heavy atom. The van der Waals surface area contributed by atoms with Gasteiger partial charge in [0, 0.05) is 61.4 Å². The van der Waals surface area contributed by atoms with Crippen LogP contribution in [0.15, 0.2) is 61.2 Å². The van der Waals surface area contributed by atoms with E-state index in [0.717, 1.165) is 66.3 Å². The Kier molecular flexibility index (Phi) is 10.6. The van der Waals surface area contributed by atoms with Crippen LogP contribution in [0.4, 0.5) is 5.69 Å². The summed E-state index contributed by atoms with van der Waals surface area (Å²) >= 11 is 1.41. The monoisotopic (exact) mass is 695 g/mol. The molecule has 6 rings (SSSR count). The number of rotatable bonds is 11. The SMILES string of the molecule is CCCc1cnc(C2CCN(c3cnc(-c4ccc(C[C@H](NC(=O)c5ccc(C(C)(C)C)s5)C(=O)N5CC(C(=O)O)C5)cc4)nc3)CC2)nc1. The van der Waals surface area contributed by atoms with Crippen LogP contribution in [0.25, 0.3) is 11.4 Å². The number of carboxylic acids is 1. The summed E-state index contributed by atoms with van der Waals surface area (Å²) < 4.78 is 0. The van der Waals surface area contributed by atoms with Crippen molar-refractivity contribution in [3.63, 3.8) is 0 Å². The van der Waals surface area contributed by atoms with E-state index in [4.69, 9.17) is 0 Å². The molecule has 3 aromatic heterocycles. The van der Waals surface area contributed by atoms with Gasteiger partial charge in [-0.25, -0.2) is 19.9 Å². The maximum absolute atomic E-state index is 13.5. The lowest BCUT2D eigenvalue weighted by molar-refractivity contribution is -0.153. The number of aliphatic carboxylic acids is 1. The fourth-order valence-corrected chi connectivity index (χ4v) is 7.34. The Morgan fingerprint density at radius 3 is 2.16 bits per heavy atom. The minimum Gasteiger partial charge on any atom is -0.481 e. The Morgan fingerprint density at radius 1 is 0.920 bits per heavy atom. The average Bonchev–Trinajstić information content (AvgIpc) is 3.60. The standard InChI is InChI=1S/C38H45N7O4S/c1-5-6-25-18-39-34(40-19-25)27-13-15-44(16-14-27)29-20-41-33(42-21-29)26-9-7-24(8-10-26)17-30(36(47)45-22-28(23-45)37(48)49)43-35(46)31-11-12-32(50-31)38(2,3)4/h7-12,18-21,27-28,30H,5-6,13-17,22-23H2,1-4H3,(H,43,46)(H,48,49)/t30-/m0/s1. The van der Waals surface area contributed by atoms with Gasteiger partial charge in [-0.2, -0.15) is 0 Å². The van der Waals surface area contributed by atoms with Crippen LogP contribution in [0.5, 0.6) is 0 Å². The van der Waals surface area contributed by atoms with Gasteiger partial charge in [0.25, 0.3) is 5.91 Å². The third kappa shape index (κ3) is 8.18. The molecule has 0 radical (unpaired) electrons. The van der Waals surface area contributed by atoms with Gasteiger partial charge in [0.15, 0.2) is 5.82 Å². The molecule has 0 saturated carbocycles. The summed E-state index contributed by atoms with van der Waals surface area (Å²) in [6, 6.07) is 10.6. The highest BCUT2D eigenvalue weighted by molar-refractivity contribution is 7.14. The summed E-state index contributed by atoms with van der Waals surface area (Å²) in [5.41, 5.74) is 3.77. The normalized spacial score (nSPS) is 16.2. The van der Waals surface area contributed by atoms with E-state index in [9.17, 15) is 19.5 Å². The highest BCUT2D eigenvalue weighted by Gasteiger charge is 2.39. The molecule has 2 aliphatic rings. The van der Waals surface area contributed by atoms with E-state index < -0.39 is 17.9 Å². The number of piperidine rings is 1. The highest BCUT2D eigenvalue weighted by Crippen LogP contribution is 2.31. The summed E-state index contributed by atoms with van der Waals surface area (Å²) in [6.45, 7) is 10.5. The van der Waals surface area contributed by atoms with Gasteiger partial charge in [0.2, 0.25) is 5.91 Å². The second-order valence-electron chi connectivity index (χ2n) is 14.3. The lowest BCUT2D eigenvalue weighted by Crippen LogP contribution is -2.59. The third-order valence-corrected chi connectivity index (χ3v) is 11.0. The maximum Gasteiger partial charge on any atom is 0.310 e. The van der Waals surface area contributed by atoms with Crippen molar-refractivity contribution in [3.05, 3.63) is 87.9 Å². The van der Waals surface area contributed by atoms with Gasteiger partial charge in [0.1, 0.15) is 11.9 Å². The summed E-state index contributed by atoms with van der Waals surface area (Å²) in [5, 5.41) is 12.3. The van der Waals surface area contributed by atoms with Crippen molar-refractivity contribution in [2.24, 2.45) is 5.92 Å². The Labute approximate surface area is 297 Å². The fraction of sp³-hybridized carbons (Fsp3) is 0.447. The van der Waals surface area contributed by atoms with E-state index in [1.54, 1.807) is 6.07 Å². The van der Waals surface area contributed by atoms with E-state index in [0.29, 0.717) is 16.6 Å². The number of aryl methyl sites for hydroxylation is 1. The van der Waals surface area contributed by atoms with Crippen LogP contribution in [0.3, 0.4) is 0 Å². The number of thiophene rings is 1. The first-order chi connectivity index (χ1) is 24.0. The molecule has 0 bridgehead atoms. The molecule has 11 nitrogen and oxygen atoms in total. The Balaban J connectivity index is 1.08. The van der Waals surface area contributed by atoms with E-state index in [2.05, 4.69) is 57.8 Å². The number of benzene rings is 1. The van der Waals surface area contributed by atoms with Crippen molar-refractivity contribution in [1.29, 1.82) is 0 Å². The van der Waals surface area contributed by atoms with Crippen LogP contribution in [0, 0.1) is 5.92 Å². The number of carbonyl (C=O) groups excluding carboxylic acids is 2. The molecule has 4 aromatic rings. The van der Waals surface area contributed by atoms with Gasteiger partial charge < -0.3 is 20.2 Å². The van der Waals surface area contributed by atoms with E-state index in [-0.39, 0.29) is 36.7 Å². The van der Waals surface area contributed by atoms with Crippen LogP contribution >= 0.6 is 11.3 Å². The van der Waals surface area contributed by atoms with Crippen molar-refractivity contribution in [1.82, 2.24) is 30.2 Å². The Bertz CT molecular complexity index is 1790. The number of amides is 2. The topological polar surface area (TPSA) is 142 Å². The Hall–Kier alpha value is -4.71. The lowest BCUT2D eigenvalue weighted by atomic mass is 9.95. The van der Waals surface area contributed by atoms with E-state index in [1.165, 1.54) is 21.8 Å². The van der Waals surface area contributed by atoms with E-state index >= 15 is 0 Å². The zero-order chi connectivity index (χ0) is 35.4. The predicted octanol–water partition coefficient (Wildman–Crippen LogP) is 5.51. The molecular weight excluding hydrogens is 651 g/mol. The minimum absolute atomic E-state index is 0.0952. The highest BCUT2D eigenvalue weighted by atomic mass is 32.1. The number of hydrogen-bond donors (Lipinski definition) is 2. The summed E-state index contributed by atoms with van der Waals surface area (Å²) in [4.78, 5) is 62.2. The first kappa shape index (κ1) is 35.1. The number of nitrogens with zero attached hydrogens (tertiary/aromatic N) is 6. The quantitative estimate of drug-likeness (QED) is 0.208. The molecule has 2 amide bonds. The van der Waals surface area contributed by atoms with Crippen molar-refractivity contribution < 1.29 is 19.5 Å². The van der Waals surface area contributed by atoms with Gasteiger partial charge in [0.05, 0.1) is 28.9 Å². The molecule has 50 heavy (non-hydrogen) atoms. The number of hydrogen-bond acceptors (Lipinski definition) is 9. The number of carbonyl (C=O) groups is 3. The molecule has 12 heteroatoms. The summed E-state index contributed by atoms with van der Waals surface area (Å²) in [7, 11) is 0. The second-order valence-corrected chi connectivity index (χ2v) is 15.4. The molecular formula is C38H45N7O4S. The van der Waals surface area contributed by atoms with Crippen molar-refractivity contribution in [2.45, 2.75) is 77.2 Å². The van der Waals surface area contributed by atoms with Crippen LogP contribution in [0.2, 0.25) is 0 Å². The number of nitrogens with one attached hydrogen (secondary N) is 1. The maximum atomic E-state index is 13.5. The first-order valence-corrected chi connectivity index (χ1v) is 18.2. The van der Waals surface area contributed by atoms with Gasteiger partial charge in [-0.05, 0) is 47.9 Å². The largest absolute Gasteiger partial charge is 0.481 e. The number of anilines is 1. The second kappa shape index (κ2) is 15.0. The molecule has 262 valence electrons. The molecule has 5 heterocycles. The molecule has 0 unspecified atom stereocenters. The van der Waals surface area contributed by atoms with Crippen molar-refractivity contribution >= 4 is 34.8 Å². The van der Waals surface area contributed by atoms with Crippen LogP contribution in [0.1, 0.15) is 84.4 Å². The zero-order valence-corrected chi connectivity index (χ0v) is 29.9. The van der Waals surface area contributed by atoms with Gasteiger partial charge >= 0.3 is 5.97 Å². The van der Waals surface area contributed by atoms with Crippen LogP contribution in [-0.2, 0) is 27.8 Å².